The number of hydrogen-bond donors (Lipinski definition) is 1. The SMILES string of the molecule is COC(=O)c1ccc(CNc2ccccc2)nc1.Cl. The van der Waals surface area contributed by atoms with Gasteiger partial charge in [-0.1, -0.05) is 18.2 Å². The number of pyridine rings is 1. The summed E-state index contributed by atoms with van der Waals surface area (Å²) in [5, 5.41) is 3.24. The molecule has 0 saturated heterocycles. The zero-order valence-corrected chi connectivity index (χ0v) is 11.3. The summed E-state index contributed by atoms with van der Waals surface area (Å²) >= 11 is 0. The number of rotatable bonds is 4. The van der Waals surface area contributed by atoms with Gasteiger partial charge in [0.25, 0.3) is 0 Å². The van der Waals surface area contributed by atoms with E-state index in [0.29, 0.717) is 12.1 Å². The molecule has 2 aromatic rings. The van der Waals surface area contributed by atoms with Gasteiger partial charge in [0.2, 0.25) is 0 Å². The van der Waals surface area contributed by atoms with E-state index in [1.807, 2.05) is 36.4 Å². The van der Waals surface area contributed by atoms with E-state index in [1.54, 1.807) is 6.07 Å². The Morgan fingerprint density at radius 1 is 1.21 bits per heavy atom. The molecule has 0 aliphatic heterocycles. The maximum Gasteiger partial charge on any atom is 0.339 e. The highest BCUT2D eigenvalue weighted by Gasteiger charge is 2.04. The summed E-state index contributed by atoms with van der Waals surface area (Å²) in [4.78, 5) is 15.4. The van der Waals surface area contributed by atoms with Crippen LogP contribution in [0.25, 0.3) is 0 Å². The summed E-state index contributed by atoms with van der Waals surface area (Å²) in [6, 6.07) is 13.4. The molecule has 2 rings (SSSR count). The van der Waals surface area contributed by atoms with Crippen LogP contribution in [0.2, 0.25) is 0 Å². The highest BCUT2D eigenvalue weighted by atomic mass is 35.5. The summed E-state index contributed by atoms with van der Waals surface area (Å²) in [6.07, 6.45) is 1.52. The molecule has 0 fully saturated rings. The zero-order valence-electron chi connectivity index (χ0n) is 10.5. The molecule has 0 bridgehead atoms. The van der Waals surface area contributed by atoms with Crippen LogP contribution in [-0.2, 0) is 11.3 Å². The predicted molar refractivity (Wildman–Crippen MR) is 76.6 cm³/mol. The van der Waals surface area contributed by atoms with Crippen LogP contribution in [0.15, 0.2) is 48.7 Å². The molecule has 0 amide bonds. The minimum Gasteiger partial charge on any atom is -0.465 e. The van der Waals surface area contributed by atoms with Crippen LogP contribution in [0.3, 0.4) is 0 Å². The van der Waals surface area contributed by atoms with Crippen molar-refractivity contribution in [1.82, 2.24) is 4.98 Å². The Labute approximate surface area is 118 Å². The summed E-state index contributed by atoms with van der Waals surface area (Å²) in [5.74, 6) is -0.370. The van der Waals surface area contributed by atoms with Crippen LogP contribution in [0.1, 0.15) is 16.1 Å². The lowest BCUT2D eigenvalue weighted by molar-refractivity contribution is 0.0600. The number of nitrogens with one attached hydrogen (secondary N) is 1. The topological polar surface area (TPSA) is 51.2 Å². The fourth-order valence-corrected chi connectivity index (χ4v) is 1.52. The number of carbonyl (C=O) groups excluding carboxylic acids is 1. The minimum absolute atomic E-state index is 0. The average Bonchev–Trinajstić information content (AvgIpc) is 2.46. The molecule has 5 heteroatoms. The molecule has 4 nitrogen and oxygen atoms in total. The molecule has 0 radical (unpaired) electrons. The third-order valence-corrected chi connectivity index (χ3v) is 2.49. The number of halogens is 1. The van der Waals surface area contributed by atoms with Crippen LogP contribution in [0.4, 0.5) is 5.69 Å². The van der Waals surface area contributed by atoms with E-state index < -0.39 is 0 Å². The third kappa shape index (κ3) is 4.26. The molecule has 100 valence electrons. The van der Waals surface area contributed by atoms with Crippen molar-refractivity contribution in [1.29, 1.82) is 0 Å². The lowest BCUT2D eigenvalue weighted by atomic mass is 10.2. The first-order chi connectivity index (χ1) is 8.79. The number of para-hydroxylation sites is 1. The highest BCUT2D eigenvalue weighted by molar-refractivity contribution is 5.88. The van der Waals surface area contributed by atoms with Crippen molar-refractivity contribution in [3.63, 3.8) is 0 Å². The molecule has 0 atom stereocenters. The van der Waals surface area contributed by atoms with Crippen LogP contribution in [0.5, 0.6) is 0 Å². The Morgan fingerprint density at radius 3 is 2.53 bits per heavy atom. The molecular formula is C14H15ClN2O2. The number of carbonyl (C=O) groups is 1. The van der Waals surface area contributed by atoms with Gasteiger partial charge in [0.1, 0.15) is 0 Å². The number of anilines is 1. The number of nitrogens with zero attached hydrogens (tertiary/aromatic N) is 1. The van der Waals surface area contributed by atoms with E-state index in [-0.39, 0.29) is 18.4 Å². The zero-order chi connectivity index (χ0) is 12.8. The van der Waals surface area contributed by atoms with E-state index in [1.165, 1.54) is 13.3 Å². The number of methoxy groups -OCH3 is 1. The van der Waals surface area contributed by atoms with E-state index in [9.17, 15) is 4.79 Å². The molecular weight excluding hydrogens is 264 g/mol. The lowest BCUT2D eigenvalue weighted by Crippen LogP contribution is -2.05. The Kier molecular flexibility index (Phi) is 5.82. The van der Waals surface area contributed by atoms with Gasteiger partial charge in [-0.2, -0.15) is 0 Å². The number of hydrogen-bond acceptors (Lipinski definition) is 4. The minimum atomic E-state index is -0.370. The molecule has 1 N–H and O–H groups in total. The van der Waals surface area contributed by atoms with Crippen molar-refractivity contribution in [2.24, 2.45) is 0 Å². The third-order valence-electron chi connectivity index (χ3n) is 2.49. The molecule has 0 saturated carbocycles. The van der Waals surface area contributed by atoms with Gasteiger partial charge >= 0.3 is 5.97 Å². The second kappa shape index (κ2) is 7.38. The quantitative estimate of drug-likeness (QED) is 0.874. The summed E-state index contributed by atoms with van der Waals surface area (Å²) in [7, 11) is 1.35. The number of aromatic nitrogens is 1. The molecule has 0 aliphatic rings. The molecule has 1 aromatic heterocycles. The standard InChI is InChI=1S/C14H14N2O2.ClH/c1-18-14(17)11-7-8-13(15-9-11)10-16-12-5-3-2-4-6-12;/h2-9,16H,10H2,1H3;1H. The maximum atomic E-state index is 11.2. The second-order valence-electron chi connectivity index (χ2n) is 3.75. The number of esters is 1. The highest BCUT2D eigenvalue weighted by Crippen LogP contribution is 2.08. The Balaban J connectivity index is 0.00000180. The van der Waals surface area contributed by atoms with Gasteiger partial charge in [0.15, 0.2) is 0 Å². The van der Waals surface area contributed by atoms with Crippen molar-refractivity contribution in [3.8, 4) is 0 Å². The van der Waals surface area contributed by atoms with Crippen molar-refractivity contribution in [2.45, 2.75) is 6.54 Å². The van der Waals surface area contributed by atoms with Crippen LogP contribution < -0.4 is 5.32 Å². The van der Waals surface area contributed by atoms with E-state index in [2.05, 4.69) is 15.0 Å². The van der Waals surface area contributed by atoms with Gasteiger partial charge in [0, 0.05) is 11.9 Å². The maximum absolute atomic E-state index is 11.2. The average molecular weight is 279 g/mol. The van der Waals surface area contributed by atoms with Crippen LogP contribution in [-0.4, -0.2) is 18.1 Å². The number of benzene rings is 1. The largest absolute Gasteiger partial charge is 0.465 e. The molecule has 1 aromatic carbocycles. The smallest absolute Gasteiger partial charge is 0.339 e. The molecule has 0 aliphatic carbocycles. The molecule has 1 heterocycles. The fourth-order valence-electron chi connectivity index (χ4n) is 1.52. The normalized spacial score (nSPS) is 9.32. The van der Waals surface area contributed by atoms with Gasteiger partial charge in [-0.25, -0.2) is 4.79 Å². The van der Waals surface area contributed by atoms with Crippen molar-refractivity contribution in [3.05, 3.63) is 59.9 Å². The Morgan fingerprint density at radius 2 is 1.95 bits per heavy atom. The van der Waals surface area contributed by atoms with Gasteiger partial charge in [-0.15, -0.1) is 12.4 Å². The van der Waals surface area contributed by atoms with Gasteiger partial charge in [-0.05, 0) is 24.3 Å². The van der Waals surface area contributed by atoms with Gasteiger partial charge < -0.3 is 10.1 Å². The summed E-state index contributed by atoms with van der Waals surface area (Å²) in [5.41, 5.74) is 2.36. The van der Waals surface area contributed by atoms with Crippen molar-refractivity contribution in [2.75, 3.05) is 12.4 Å². The van der Waals surface area contributed by atoms with Crippen molar-refractivity contribution >= 4 is 24.1 Å². The first kappa shape index (κ1) is 15.0. The van der Waals surface area contributed by atoms with E-state index in [0.717, 1.165) is 11.4 Å². The predicted octanol–water partition coefficient (Wildman–Crippen LogP) is 2.90. The Bertz CT molecular complexity index is 515. The first-order valence-corrected chi connectivity index (χ1v) is 5.62. The van der Waals surface area contributed by atoms with E-state index in [4.69, 9.17) is 0 Å². The van der Waals surface area contributed by atoms with E-state index >= 15 is 0 Å². The lowest BCUT2D eigenvalue weighted by Gasteiger charge is -2.06. The summed E-state index contributed by atoms with van der Waals surface area (Å²) < 4.78 is 4.61. The van der Waals surface area contributed by atoms with Gasteiger partial charge in [-0.3, -0.25) is 4.98 Å². The summed E-state index contributed by atoms with van der Waals surface area (Å²) in [6.45, 7) is 0.617. The Hall–Kier alpha value is -2.07. The van der Waals surface area contributed by atoms with Crippen LogP contribution >= 0.6 is 12.4 Å². The monoisotopic (exact) mass is 278 g/mol. The van der Waals surface area contributed by atoms with Gasteiger partial charge in [0.05, 0.1) is 24.9 Å². The molecule has 19 heavy (non-hydrogen) atoms. The van der Waals surface area contributed by atoms with Crippen LogP contribution in [0, 0.1) is 0 Å². The molecule has 0 unspecified atom stereocenters. The molecule has 0 spiro atoms. The van der Waals surface area contributed by atoms with Crippen molar-refractivity contribution < 1.29 is 9.53 Å². The second-order valence-corrected chi connectivity index (χ2v) is 3.75. The number of ether oxygens (including phenoxy) is 1. The fraction of sp³-hybridized carbons (Fsp3) is 0.143. The first-order valence-electron chi connectivity index (χ1n) is 5.62.